The van der Waals surface area contributed by atoms with Gasteiger partial charge in [0.05, 0.1) is 0 Å². The van der Waals surface area contributed by atoms with Gasteiger partial charge in [-0.2, -0.15) is 0 Å². The Morgan fingerprint density at radius 1 is 1.00 bits per heavy atom. The maximum absolute atomic E-state index is 12.9. The molecule has 0 aliphatic rings. The average molecular weight is 382 g/mol. The molecule has 0 radical (unpaired) electrons. The number of rotatable bonds is 4. The van der Waals surface area contributed by atoms with E-state index in [2.05, 4.69) is 41.2 Å². The van der Waals surface area contributed by atoms with Gasteiger partial charge in [-0.05, 0) is 46.9 Å². The van der Waals surface area contributed by atoms with Crippen LogP contribution in [0.3, 0.4) is 0 Å². The van der Waals surface area contributed by atoms with Crippen LogP contribution in [-0.2, 0) is 0 Å². The number of para-hydroxylation sites is 1. The second-order valence-electron chi connectivity index (χ2n) is 5.99. The lowest BCUT2D eigenvalue weighted by atomic mass is 9.96. The molecule has 3 aromatic rings. The number of hydrogen-bond acceptors (Lipinski definition) is 1. The molecule has 3 aromatic carbocycles. The largest absolute Gasteiger partial charge is 0.322 e. The van der Waals surface area contributed by atoms with Crippen molar-refractivity contribution in [2.45, 2.75) is 26.2 Å². The molecule has 1 unspecified atom stereocenters. The molecule has 0 fully saturated rings. The highest BCUT2D eigenvalue weighted by molar-refractivity contribution is 9.10. The predicted octanol–water partition coefficient (Wildman–Crippen LogP) is 6.37. The molecular weight excluding hydrogens is 362 g/mol. The van der Waals surface area contributed by atoms with E-state index in [0.717, 1.165) is 27.4 Å². The second-order valence-corrected chi connectivity index (χ2v) is 6.85. The minimum absolute atomic E-state index is 0.0746. The molecule has 0 saturated carbocycles. The van der Waals surface area contributed by atoms with Crippen LogP contribution in [0.2, 0.25) is 0 Å². The zero-order chi connectivity index (χ0) is 17.1. The number of hydrogen-bond donors (Lipinski definition) is 1. The van der Waals surface area contributed by atoms with Gasteiger partial charge >= 0.3 is 0 Å². The first-order valence-electron chi connectivity index (χ1n) is 8.19. The number of fused-ring (bicyclic) bond motifs is 1. The lowest BCUT2D eigenvalue weighted by molar-refractivity contribution is 0.102. The number of anilines is 1. The molecule has 1 atom stereocenters. The number of benzene rings is 3. The Labute approximate surface area is 151 Å². The molecule has 122 valence electrons. The Bertz CT molecular complexity index is 888. The molecule has 1 N–H and O–H groups in total. The average Bonchev–Trinajstić information content (AvgIpc) is 2.61. The lowest BCUT2D eigenvalue weighted by Crippen LogP contribution is -2.14. The van der Waals surface area contributed by atoms with E-state index in [0.29, 0.717) is 11.5 Å². The highest BCUT2D eigenvalue weighted by Gasteiger charge is 2.14. The maximum Gasteiger partial charge on any atom is 0.256 e. The van der Waals surface area contributed by atoms with E-state index in [9.17, 15) is 4.79 Å². The van der Waals surface area contributed by atoms with E-state index in [1.165, 1.54) is 5.56 Å². The molecule has 0 bridgehead atoms. The quantitative estimate of drug-likeness (QED) is 0.558. The van der Waals surface area contributed by atoms with Gasteiger partial charge in [0.15, 0.2) is 0 Å². The molecule has 3 rings (SSSR count). The minimum atomic E-state index is -0.0746. The van der Waals surface area contributed by atoms with Crippen molar-refractivity contribution < 1.29 is 4.79 Å². The number of amides is 1. The Morgan fingerprint density at radius 2 is 1.71 bits per heavy atom. The molecule has 0 aromatic heterocycles. The summed E-state index contributed by atoms with van der Waals surface area (Å²) in [4.78, 5) is 12.9. The van der Waals surface area contributed by atoms with Crippen LogP contribution in [0.25, 0.3) is 10.8 Å². The molecule has 0 aliphatic carbocycles. The third kappa shape index (κ3) is 3.22. The summed E-state index contributed by atoms with van der Waals surface area (Å²) in [5, 5.41) is 5.09. The van der Waals surface area contributed by atoms with Gasteiger partial charge in [-0.15, -0.1) is 0 Å². The SMILES string of the molecule is CCC(C)c1ccccc1NC(=O)c1cccc2c(Br)cccc12. The van der Waals surface area contributed by atoms with E-state index in [-0.39, 0.29) is 5.91 Å². The first kappa shape index (κ1) is 16.7. The highest BCUT2D eigenvalue weighted by atomic mass is 79.9. The van der Waals surface area contributed by atoms with E-state index >= 15 is 0 Å². The lowest BCUT2D eigenvalue weighted by Gasteiger charge is -2.16. The molecule has 0 aliphatic heterocycles. The zero-order valence-corrected chi connectivity index (χ0v) is 15.4. The van der Waals surface area contributed by atoms with Gasteiger partial charge in [-0.1, -0.05) is 72.2 Å². The van der Waals surface area contributed by atoms with Crippen LogP contribution < -0.4 is 5.32 Å². The number of carbonyl (C=O) groups excluding carboxylic acids is 1. The smallest absolute Gasteiger partial charge is 0.256 e. The monoisotopic (exact) mass is 381 g/mol. The van der Waals surface area contributed by atoms with Crippen LogP contribution in [0.5, 0.6) is 0 Å². The van der Waals surface area contributed by atoms with E-state index in [1.54, 1.807) is 0 Å². The molecule has 0 heterocycles. The standard InChI is InChI=1S/C21H20BrNO/c1-3-14(2)15-8-4-5-13-20(15)23-21(24)18-11-6-10-17-16(18)9-7-12-19(17)22/h4-14H,3H2,1-2H3,(H,23,24). The minimum Gasteiger partial charge on any atom is -0.322 e. The number of nitrogens with one attached hydrogen (secondary N) is 1. The fraction of sp³-hybridized carbons (Fsp3) is 0.190. The first-order valence-corrected chi connectivity index (χ1v) is 8.98. The van der Waals surface area contributed by atoms with Crippen molar-refractivity contribution in [1.82, 2.24) is 0 Å². The molecule has 0 spiro atoms. The molecule has 0 saturated heterocycles. The summed E-state index contributed by atoms with van der Waals surface area (Å²) in [5.74, 6) is 0.331. The molecule has 24 heavy (non-hydrogen) atoms. The summed E-state index contributed by atoms with van der Waals surface area (Å²) in [5.41, 5.74) is 2.76. The molecular formula is C21H20BrNO. The van der Waals surface area contributed by atoms with Gasteiger partial charge < -0.3 is 5.32 Å². The molecule has 2 nitrogen and oxygen atoms in total. The molecule has 3 heteroatoms. The van der Waals surface area contributed by atoms with Crippen LogP contribution in [-0.4, -0.2) is 5.91 Å². The van der Waals surface area contributed by atoms with Crippen LogP contribution >= 0.6 is 15.9 Å². The van der Waals surface area contributed by atoms with Gasteiger partial charge in [0.2, 0.25) is 0 Å². The topological polar surface area (TPSA) is 29.1 Å². The summed E-state index contributed by atoms with van der Waals surface area (Å²) < 4.78 is 0.995. The van der Waals surface area contributed by atoms with E-state index < -0.39 is 0 Å². The van der Waals surface area contributed by atoms with Crippen molar-refractivity contribution >= 4 is 38.3 Å². The summed E-state index contributed by atoms with van der Waals surface area (Å²) in [6, 6.07) is 19.8. The van der Waals surface area contributed by atoms with Crippen molar-refractivity contribution in [2.75, 3.05) is 5.32 Å². The maximum atomic E-state index is 12.9. The van der Waals surface area contributed by atoms with Crippen LogP contribution in [0.4, 0.5) is 5.69 Å². The van der Waals surface area contributed by atoms with Crippen molar-refractivity contribution in [2.24, 2.45) is 0 Å². The van der Waals surface area contributed by atoms with Crippen molar-refractivity contribution in [3.63, 3.8) is 0 Å². The Kier molecular flexibility index (Phi) is 5.00. The molecule has 1 amide bonds. The zero-order valence-electron chi connectivity index (χ0n) is 13.8. The van der Waals surface area contributed by atoms with Gasteiger partial charge in [-0.25, -0.2) is 0 Å². The van der Waals surface area contributed by atoms with Gasteiger partial charge in [-0.3, -0.25) is 4.79 Å². The van der Waals surface area contributed by atoms with Gasteiger partial charge in [0, 0.05) is 15.7 Å². The van der Waals surface area contributed by atoms with E-state index in [4.69, 9.17) is 0 Å². The second kappa shape index (κ2) is 7.18. The Hall–Kier alpha value is -2.13. The van der Waals surface area contributed by atoms with Crippen molar-refractivity contribution in [3.8, 4) is 0 Å². The van der Waals surface area contributed by atoms with Gasteiger partial charge in [0.1, 0.15) is 0 Å². The normalized spacial score (nSPS) is 12.1. The Balaban J connectivity index is 1.99. The highest BCUT2D eigenvalue weighted by Crippen LogP contribution is 2.29. The summed E-state index contributed by atoms with van der Waals surface area (Å²) in [6.07, 6.45) is 1.04. The fourth-order valence-electron chi connectivity index (χ4n) is 2.92. The Morgan fingerprint density at radius 3 is 2.50 bits per heavy atom. The first-order chi connectivity index (χ1) is 11.6. The van der Waals surface area contributed by atoms with Gasteiger partial charge in [0.25, 0.3) is 5.91 Å². The third-order valence-corrected chi connectivity index (χ3v) is 5.16. The van der Waals surface area contributed by atoms with Crippen molar-refractivity contribution in [1.29, 1.82) is 0 Å². The summed E-state index contributed by atoms with van der Waals surface area (Å²) >= 11 is 3.56. The third-order valence-electron chi connectivity index (χ3n) is 4.47. The van der Waals surface area contributed by atoms with E-state index in [1.807, 2.05) is 54.6 Å². The summed E-state index contributed by atoms with van der Waals surface area (Å²) in [6.45, 7) is 4.34. The van der Waals surface area contributed by atoms with Crippen LogP contribution in [0.15, 0.2) is 65.1 Å². The van der Waals surface area contributed by atoms with Crippen LogP contribution in [0.1, 0.15) is 42.1 Å². The number of carbonyl (C=O) groups is 1. The summed E-state index contributed by atoms with van der Waals surface area (Å²) in [7, 11) is 0. The van der Waals surface area contributed by atoms with Crippen molar-refractivity contribution in [3.05, 3.63) is 76.3 Å². The predicted molar refractivity (Wildman–Crippen MR) is 105 cm³/mol. The fourth-order valence-corrected chi connectivity index (χ4v) is 3.42. The number of halogens is 1. The van der Waals surface area contributed by atoms with Crippen LogP contribution in [0, 0.1) is 0 Å².